The van der Waals surface area contributed by atoms with Gasteiger partial charge in [-0.2, -0.15) is 0 Å². The first-order valence-electron chi connectivity index (χ1n) is 3.83. The number of rotatable bonds is 3. The lowest BCUT2D eigenvalue weighted by Gasteiger charge is -2.04. The van der Waals surface area contributed by atoms with E-state index in [1.165, 1.54) is 6.33 Å². The fraction of sp³-hybridized carbons (Fsp3) is 0.500. The molecule has 0 saturated heterocycles. The Kier molecular flexibility index (Phi) is 2.99. The van der Waals surface area contributed by atoms with E-state index < -0.39 is 0 Å². The van der Waals surface area contributed by atoms with E-state index in [4.69, 9.17) is 10.5 Å². The van der Waals surface area contributed by atoms with Crippen molar-refractivity contribution < 1.29 is 4.74 Å². The first-order valence-corrected chi connectivity index (χ1v) is 3.83. The molecule has 4 heteroatoms. The molecule has 0 saturated carbocycles. The van der Waals surface area contributed by atoms with Crippen molar-refractivity contribution in [2.24, 2.45) is 5.73 Å². The Bertz CT molecular complexity index is 250. The first kappa shape index (κ1) is 8.93. The molecule has 0 aliphatic carbocycles. The van der Waals surface area contributed by atoms with Crippen molar-refractivity contribution in [3.05, 3.63) is 18.1 Å². The van der Waals surface area contributed by atoms with Crippen LogP contribution in [0.5, 0.6) is 5.88 Å². The molecular formula is C8H13N3O. The highest BCUT2D eigenvalue weighted by atomic mass is 16.5. The quantitative estimate of drug-likeness (QED) is 0.706. The zero-order chi connectivity index (χ0) is 8.97. The molecule has 1 aromatic rings. The maximum absolute atomic E-state index is 5.61. The molecule has 2 N–H and O–H groups in total. The molecule has 0 spiro atoms. The van der Waals surface area contributed by atoms with Gasteiger partial charge in [0.2, 0.25) is 5.88 Å². The zero-order valence-corrected chi connectivity index (χ0v) is 7.32. The van der Waals surface area contributed by atoms with Crippen molar-refractivity contribution in [3.8, 4) is 5.88 Å². The highest BCUT2D eigenvalue weighted by molar-refractivity contribution is 5.13. The van der Waals surface area contributed by atoms with Crippen LogP contribution in [-0.4, -0.2) is 23.1 Å². The van der Waals surface area contributed by atoms with Gasteiger partial charge in [0.25, 0.3) is 0 Å². The second kappa shape index (κ2) is 4.01. The first-order chi connectivity index (χ1) is 5.72. The highest BCUT2D eigenvalue weighted by Gasteiger charge is 2.00. The van der Waals surface area contributed by atoms with Crippen LogP contribution >= 0.6 is 0 Å². The number of hydrogen-bond acceptors (Lipinski definition) is 4. The predicted octanol–water partition coefficient (Wildman–Crippen LogP) is 0.375. The molecule has 66 valence electrons. The zero-order valence-electron chi connectivity index (χ0n) is 7.32. The monoisotopic (exact) mass is 167 g/mol. The van der Waals surface area contributed by atoms with Gasteiger partial charge in [-0.3, -0.25) is 0 Å². The Morgan fingerprint density at radius 1 is 1.58 bits per heavy atom. The highest BCUT2D eigenvalue weighted by Crippen LogP contribution is 2.06. The van der Waals surface area contributed by atoms with Gasteiger partial charge in [-0.05, 0) is 6.92 Å². The minimum absolute atomic E-state index is 0.115. The number of hydrogen-bond donors (Lipinski definition) is 1. The van der Waals surface area contributed by atoms with E-state index in [1.54, 1.807) is 13.2 Å². The van der Waals surface area contributed by atoms with E-state index in [2.05, 4.69) is 9.97 Å². The van der Waals surface area contributed by atoms with E-state index in [0.717, 1.165) is 12.1 Å². The molecule has 0 radical (unpaired) electrons. The molecule has 0 aliphatic heterocycles. The van der Waals surface area contributed by atoms with Crippen LogP contribution < -0.4 is 10.5 Å². The summed E-state index contributed by atoms with van der Waals surface area (Å²) in [6.45, 7) is 1.94. The van der Waals surface area contributed by atoms with Crippen LogP contribution in [0, 0.1) is 0 Å². The third-order valence-electron chi connectivity index (χ3n) is 1.44. The summed E-state index contributed by atoms with van der Waals surface area (Å²) in [6.07, 6.45) is 2.23. The predicted molar refractivity (Wildman–Crippen MR) is 45.9 cm³/mol. The van der Waals surface area contributed by atoms with Gasteiger partial charge in [-0.1, -0.05) is 0 Å². The van der Waals surface area contributed by atoms with Gasteiger partial charge in [0.1, 0.15) is 6.33 Å². The molecular weight excluding hydrogens is 154 g/mol. The van der Waals surface area contributed by atoms with Crippen molar-refractivity contribution in [1.29, 1.82) is 0 Å². The van der Waals surface area contributed by atoms with Crippen molar-refractivity contribution in [2.45, 2.75) is 19.4 Å². The van der Waals surface area contributed by atoms with Crippen molar-refractivity contribution >= 4 is 0 Å². The van der Waals surface area contributed by atoms with Crippen LogP contribution in [0.25, 0.3) is 0 Å². The molecule has 1 aromatic heterocycles. The van der Waals surface area contributed by atoms with Crippen LogP contribution in [0.4, 0.5) is 0 Å². The third-order valence-corrected chi connectivity index (χ3v) is 1.44. The van der Waals surface area contributed by atoms with Gasteiger partial charge in [0.05, 0.1) is 7.11 Å². The molecule has 1 heterocycles. The van der Waals surface area contributed by atoms with E-state index >= 15 is 0 Å². The maximum Gasteiger partial charge on any atom is 0.216 e. The van der Waals surface area contributed by atoms with Gasteiger partial charge < -0.3 is 10.5 Å². The lowest BCUT2D eigenvalue weighted by molar-refractivity contribution is 0.395. The second-order valence-electron chi connectivity index (χ2n) is 2.73. The molecule has 0 aliphatic rings. The van der Waals surface area contributed by atoms with Crippen molar-refractivity contribution in [1.82, 2.24) is 9.97 Å². The molecule has 0 amide bonds. The Morgan fingerprint density at radius 2 is 2.33 bits per heavy atom. The van der Waals surface area contributed by atoms with E-state index in [9.17, 15) is 0 Å². The van der Waals surface area contributed by atoms with E-state index in [-0.39, 0.29) is 6.04 Å². The minimum Gasteiger partial charge on any atom is -0.481 e. The maximum atomic E-state index is 5.61. The number of aromatic nitrogens is 2. The smallest absolute Gasteiger partial charge is 0.216 e. The van der Waals surface area contributed by atoms with E-state index in [0.29, 0.717) is 5.88 Å². The van der Waals surface area contributed by atoms with Crippen molar-refractivity contribution in [2.75, 3.05) is 7.11 Å². The summed E-state index contributed by atoms with van der Waals surface area (Å²) in [4.78, 5) is 7.95. The summed E-state index contributed by atoms with van der Waals surface area (Å²) in [5.41, 5.74) is 6.53. The van der Waals surface area contributed by atoms with Crippen LogP contribution in [0.2, 0.25) is 0 Å². The van der Waals surface area contributed by atoms with Gasteiger partial charge in [0.15, 0.2) is 0 Å². The molecule has 0 bridgehead atoms. The molecule has 1 rings (SSSR count). The van der Waals surface area contributed by atoms with E-state index in [1.807, 2.05) is 6.92 Å². The Labute approximate surface area is 71.8 Å². The largest absolute Gasteiger partial charge is 0.481 e. The number of ether oxygens (including phenoxy) is 1. The normalized spacial score (nSPS) is 12.6. The third kappa shape index (κ3) is 2.47. The van der Waals surface area contributed by atoms with Crippen LogP contribution in [-0.2, 0) is 6.42 Å². The lowest BCUT2D eigenvalue weighted by Crippen LogP contribution is -2.18. The molecule has 0 fully saturated rings. The van der Waals surface area contributed by atoms with Crippen LogP contribution in [0.3, 0.4) is 0 Å². The topological polar surface area (TPSA) is 61.0 Å². The van der Waals surface area contributed by atoms with Crippen molar-refractivity contribution in [3.63, 3.8) is 0 Å². The number of nitrogens with two attached hydrogens (primary N) is 1. The summed E-state index contributed by atoms with van der Waals surface area (Å²) in [6, 6.07) is 1.91. The summed E-state index contributed by atoms with van der Waals surface area (Å²) in [5.74, 6) is 0.584. The molecule has 4 nitrogen and oxygen atoms in total. The minimum atomic E-state index is 0.115. The summed E-state index contributed by atoms with van der Waals surface area (Å²) in [5, 5.41) is 0. The fourth-order valence-corrected chi connectivity index (χ4v) is 0.930. The standard InChI is InChI=1S/C8H13N3O/c1-6(9)3-7-4-8(12-2)11-5-10-7/h4-6H,3,9H2,1-2H3. The van der Waals surface area contributed by atoms with Gasteiger partial charge in [0, 0.05) is 24.2 Å². The van der Waals surface area contributed by atoms with Crippen LogP contribution in [0.15, 0.2) is 12.4 Å². The average Bonchev–Trinajstić information content (AvgIpc) is 2.03. The SMILES string of the molecule is COc1cc(CC(C)N)ncn1. The Hall–Kier alpha value is -1.16. The summed E-state index contributed by atoms with van der Waals surface area (Å²) >= 11 is 0. The second-order valence-corrected chi connectivity index (χ2v) is 2.73. The fourth-order valence-electron chi connectivity index (χ4n) is 0.930. The van der Waals surface area contributed by atoms with Gasteiger partial charge in [-0.15, -0.1) is 0 Å². The van der Waals surface area contributed by atoms with Gasteiger partial charge >= 0.3 is 0 Å². The molecule has 1 unspecified atom stereocenters. The Morgan fingerprint density at radius 3 is 2.92 bits per heavy atom. The molecule has 12 heavy (non-hydrogen) atoms. The van der Waals surface area contributed by atoms with Gasteiger partial charge in [-0.25, -0.2) is 9.97 Å². The Balaban J connectivity index is 2.72. The summed E-state index contributed by atoms with van der Waals surface area (Å²) in [7, 11) is 1.58. The number of methoxy groups -OCH3 is 1. The molecule has 0 aromatic carbocycles. The molecule has 1 atom stereocenters. The average molecular weight is 167 g/mol. The lowest BCUT2D eigenvalue weighted by atomic mass is 10.2. The van der Waals surface area contributed by atoms with Crippen LogP contribution in [0.1, 0.15) is 12.6 Å². The summed E-state index contributed by atoms with van der Waals surface area (Å²) < 4.78 is 4.94. The number of nitrogens with zero attached hydrogens (tertiary/aromatic N) is 2.